The van der Waals surface area contributed by atoms with Crippen molar-refractivity contribution >= 4 is 17.2 Å². The molecular formula is C14H17N3O3. The lowest BCUT2D eigenvalue weighted by Crippen LogP contribution is -2.47. The van der Waals surface area contributed by atoms with E-state index in [1.807, 2.05) is 0 Å². The second-order valence-corrected chi connectivity index (χ2v) is 5.45. The maximum Gasteiger partial charge on any atom is 0.293 e. The second-order valence-electron chi connectivity index (χ2n) is 5.45. The topological polar surface area (TPSA) is 66.7 Å². The highest BCUT2D eigenvalue weighted by molar-refractivity contribution is 5.95. The molecule has 6 nitrogen and oxygen atoms in total. The van der Waals surface area contributed by atoms with Crippen LogP contribution in [-0.4, -0.2) is 47.8 Å². The summed E-state index contributed by atoms with van der Waals surface area (Å²) in [5, 5.41) is 11.3. The average molecular weight is 275 g/mol. The van der Waals surface area contributed by atoms with Crippen molar-refractivity contribution < 1.29 is 9.72 Å². The van der Waals surface area contributed by atoms with Crippen LogP contribution in [0.4, 0.5) is 11.4 Å². The molecule has 1 aromatic rings. The number of carbonyl (C=O) groups is 1. The van der Waals surface area contributed by atoms with Crippen LogP contribution in [-0.2, 0) is 0 Å². The van der Waals surface area contributed by atoms with Crippen molar-refractivity contribution in [3.05, 3.63) is 33.9 Å². The fraction of sp³-hybridized carbons (Fsp3) is 0.500. The third kappa shape index (κ3) is 2.16. The lowest BCUT2D eigenvalue weighted by molar-refractivity contribution is -0.384. The molecule has 2 atom stereocenters. The van der Waals surface area contributed by atoms with Gasteiger partial charge >= 0.3 is 0 Å². The number of ketones is 1. The normalized spacial score (nSPS) is 24.8. The van der Waals surface area contributed by atoms with Crippen molar-refractivity contribution in [3.8, 4) is 0 Å². The quantitative estimate of drug-likeness (QED) is 0.477. The van der Waals surface area contributed by atoms with Crippen LogP contribution in [0.5, 0.6) is 0 Å². The molecule has 0 N–H and O–H groups in total. The zero-order valence-corrected chi connectivity index (χ0v) is 11.4. The standard InChI is InChI=1S/C14H17N3O3/c1-10(18)11-2-3-13(14(8-11)17(19)20)16-7-6-15-5-4-12(16)9-15/h2-3,8,12H,4-7,9H2,1H3. The number of nitro benzene ring substituents is 1. The second kappa shape index (κ2) is 4.86. The SMILES string of the molecule is CC(=O)c1ccc(N2CCN3CCC2C3)c([N+](=O)[O-])c1. The minimum absolute atomic E-state index is 0.0399. The molecule has 6 heteroatoms. The maximum atomic E-state index is 11.4. The molecule has 0 radical (unpaired) electrons. The molecule has 2 unspecified atom stereocenters. The monoisotopic (exact) mass is 275 g/mol. The summed E-state index contributed by atoms with van der Waals surface area (Å²) in [4.78, 5) is 26.8. The Hall–Kier alpha value is -1.95. The Morgan fingerprint density at radius 3 is 2.85 bits per heavy atom. The Morgan fingerprint density at radius 2 is 2.15 bits per heavy atom. The zero-order valence-electron chi connectivity index (χ0n) is 11.4. The zero-order chi connectivity index (χ0) is 14.3. The number of carbonyl (C=O) groups excluding carboxylic acids is 1. The Morgan fingerprint density at radius 1 is 1.35 bits per heavy atom. The van der Waals surface area contributed by atoms with Crippen LogP contribution in [0.25, 0.3) is 0 Å². The molecule has 20 heavy (non-hydrogen) atoms. The van der Waals surface area contributed by atoms with Gasteiger partial charge in [-0.1, -0.05) is 0 Å². The largest absolute Gasteiger partial charge is 0.360 e. The van der Waals surface area contributed by atoms with Crippen LogP contribution in [0.2, 0.25) is 0 Å². The van der Waals surface area contributed by atoms with E-state index in [4.69, 9.17) is 0 Å². The number of hydrogen-bond donors (Lipinski definition) is 0. The van der Waals surface area contributed by atoms with E-state index < -0.39 is 0 Å². The summed E-state index contributed by atoms with van der Waals surface area (Å²) in [7, 11) is 0. The van der Waals surface area contributed by atoms with E-state index in [1.165, 1.54) is 13.0 Å². The van der Waals surface area contributed by atoms with Gasteiger partial charge in [-0.2, -0.15) is 0 Å². The third-order valence-electron chi connectivity index (χ3n) is 4.23. The Labute approximate surface area is 117 Å². The molecule has 0 spiro atoms. The van der Waals surface area contributed by atoms with Crippen LogP contribution >= 0.6 is 0 Å². The van der Waals surface area contributed by atoms with Gasteiger partial charge in [0, 0.05) is 43.9 Å². The number of rotatable bonds is 3. The van der Waals surface area contributed by atoms with Gasteiger partial charge in [0.15, 0.2) is 5.78 Å². The minimum atomic E-state index is -0.386. The van der Waals surface area contributed by atoms with E-state index in [9.17, 15) is 14.9 Å². The number of nitrogens with zero attached hydrogens (tertiary/aromatic N) is 3. The van der Waals surface area contributed by atoms with Crippen molar-refractivity contribution in [3.63, 3.8) is 0 Å². The predicted octanol–water partition coefficient (Wildman–Crippen LogP) is 1.69. The van der Waals surface area contributed by atoms with Crippen molar-refractivity contribution in [1.82, 2.24) is 4.90 Å². The van der Waals surface area contributed by atoms with Crippen LogP contribution in [0.3, 0.4) is 0 Å². The minimum Gasteiger partial charge on any atom is -0.360 e. The summed E-state index contributed by atoms with van der Waals surface area (Å²) in [5.74, 6) is -0.148. The summed E-state index contributed by atoms with van der Waals surface area (Å²) in [6.45, 7) is 5.23. The number of nitro groups is 1. The summed E-state index contributed by atoms with van der Waals surface area (Å²) in [5.41, 5.74) is 1.08. The number of anilines is 1. The van der Waals surface area contributed by atoms with Crippen molar-refractivity contribution in [2.45, 2.75) is 19.4 Å². The van der Waals surface area contributed by atoms with E-state index in [0.717, 1.165) is 32.6 Å². The van der Waals surface area contributed by atoms with Gasteiger partial charge in [0.1, 0.15) is 5.69 Å². The van der Waals surface area contributed by atoms with E-state index >= 15 is 0 Å². The molecule has 3 rings (SSSR count). The van der Waals surface area contributed by atoms with Gasteiger partial charge in [-0.3, -0.25) is 19.8 Å². The molecule has 0 amide bonds. The van der Waals surface area contributed by atoms with Gasteiger partial charge in [0.2, 0.25) is 0 Å². The maximum absolute atomic E-state index is 11.4. The molecule has 2 aliphatic heterocycles. The molecule has 2 aliphatic rings. The number of hydrogen-bond acceptors (Lipinski definition) is 5. The van der Waals surface area contributed by atoms with Crippen molar-refractivity contribution in [2.24, 2.45) is 0 Å². The number of benzene rings is 1. The smallest absolute Gasteiger partial charge is 0.293 e. The molecule has 2 fully saturated rings. The van der Waals surface area contributed by atoms with E-state index in [-0.39, 0.29) is 16.4 Å². The number of fused-ring (bicyclic) bond motifs is 2. The summed E-state index contributed by atoms with van der Waals surface area (Å²) in [6, 6.07) is 5.17. The van der Waals surface area contributed by atoms with Crippen molar-refractivity contribution in [2.75, 3.05) is 31.1 Å². The molecule has 0 saturated carbocycles. The molecule has 0 aliphatic carbocycles. The Kier molecular flexibility index (Phi) is 3.17. The molecule has 2 saturated heterocycles. The molecule has 2 bridgehead atoms. The molecule has 0 aromatic heterocycles. The van der Waals surface area contributed by atoms with Crippen LogP contribution in [0, 0.1) is 10.1 Å². The number of Topliss-reactive ketones (excluding diaryl/α,β-unsaturated/α-hetero) is 1. The Balaban J connectivity index is 2.00. The summed E-state index contributed by atoms with van der Waals surface area (Å²) < 4.78 is 0. The molecular weight excluding hydrogens is 258 g/mol. The van der Waals surface area contributed by atoms with E-state index in [2.05, 4.69) is 9.80 Å². The van der Waals surface area contributed by atoms with Crippen LogP contribution in [0.15, 0.2) is 18.2 Å². The molecule has 1 aromatic carbocycles. The first-order chi connectivity index (χ1) is 9.56. The van der Waals surface area contributed by atoms with Gasteiger partial charge in [0.25, 0.3) is 5.69 Å². The van der Waals surface area contributed by atoms with E-state index in [1.54, 1.807) is 12.1 Å². The van der Waals surface area contributed by atoms with Gasteiger partial charge in [-0.05, 0) is 25.5 Å². The highest BCUT2D eigenvalue weighted by atomic mass is 16.6. The average Bonchev–Trinajstić information content (AvgIpc) is 2.80. The molecule has 106 valence electrons. The lowest BCUT2D eigenvalue weighted by Gasteiger charge is -2.35. The van der Waals surface area contributed by atoms with Gasteiger partial charge in [0.05, 0.1) is 4.92 Å². The fourth-order valence-electron chi connectivity index (χ4n) is 3.15. The molecule has 2 heterocycles. The number of piperazine rings is 1. The van der Waals surface area contributed by atoms with Crippen molar-refractivity contribution in [1.29, 1.82) is 0 Å². The van der Waals surface area contributed by atoms with Crippen LogP contribution < -0.4 is 4.90 Å². The lowest BCUT2D eigenvalue weighted by atomic mass is 10.1. The van der Waals surface area contributed by atoms with Gasteiger partial charge in [-0.25, -0.2) is 0 Å². The van der Waals surface area contributed by atoms with Crippen LogP contribution in [0.1, 0.15) is 23.7 Å². The Bertz CT molecular complexity index is 573. The van der Waals surface area contributed by atoms with Gasteiger partial charge < -0.3 is 4.90 Å². The first-order valence-electron chi connectivity index (χ1n) is 6.84. The third-order valence-corrected chi connectivity index (χ3v) is 4.23. The van der Waals surface area contributed by atoms with Gasteiger partial charge in [-0.15, -0.1) is 0 Å². The summed E-state index contributed by atoms with van der Waals surface area (Å²) in [6.07, 6.45) is 1.05. The fourth-order valence-corrected chi connectivity index (χ4v) is 3.15. The first-order valence-corrected chi connectivity index (χ1v) is 6.84. The highest BCUT2D eigenvalue weighted by Gasteiger charge is 2.35. The highest BCUT2D eigenvalue weighted by Crippen LogP contribution is 2.34. The predicted molar refractivity (Wildman–Crippen MR) is 75.3 cm³/mol. The van der Waals surface area contributed by atoms with E-state index in [0.29, 0.717) is 17.3 Å². The first kappa shape index (κ1) is 13.1. The summed E-state index contributed by atoms with van der Waals surface area (Å²) >= 11 is 0.